The summed E-state index contributed by atoms with van der Waals surface area (Å²) in [6.07, 6.45) is 5.22. The Hall–Kier alpha value is -1.24. The Morgan fingerprint density at radius 1 is 1.56 bits per heavy atom. The van der Waals surface area contributed by atoms with Crippen LogP contribution in [0.5, 0.6) is 0 Å². The van der Waals surface area contributed by atoms with Gasteiger partial charge in [-0.25, -0.2) is 0 Å². The van der Waals surface area contributed by atoms with Crippen molar-refractivity contribution >= 4 is 0 Å². The van der Waals surface area contributed by atoms with Gasteiger partial charge in [-0.3, -0.25) is 5.32 Å². The summed E-state index contributed by atoms with van der Waals surface area (Å²) in [5.41, 5.74) is 7.78. The van der Waals surface area contributed by atoms with Gasteiger partial charge in [0.15, 0.2) is 0 Å². The van der Waals surface area contributed by atoms with Crippen molar-refractivity contribution in [3.8, 4) is 6.07 Å². The van der Waals surface area contributed by atoms with Gasteiger partial charge in [-0.1, -0.05) is 24.9 Å². The van der Waals surface area contributed by atoms with Crippen LogP contribution in [-0.2, 0) is 0 Å². The summed E-state index contributed by atoms with van der Waals surface area (Å²) in [5.74, 6) is 0.717. The van der Waals surface area contributed by atoms with Crippen LogP contribution in [0.4, 0.5) is 0 Å². The molecule has 0 amide bonds. The molecule has 1 aliphatic rings. The lowest BCUT2D eigenvalue weighted by Crippen LogP contribution is -2.44. The van der Waals surface area contributed by atoms with Crippen LogP contribution in [0.2, 0.25) is 0 Å². The van der Waals surface area contributed by atoms with Gasteiger partial charge < -0.3 is 0 Å². The second-order valence-corrected chi connectivity index (χ2v) is 4.61. The molecular weight excluding hydrogens is 202 g/mol. The van der Waals surface area contributed by atoms with Gasteiger partial charge in [0.2, 0.25) is 0 Å². The zero-order valence-corrected chi connectivity index (χ0v) is 9.82. The Morgan fingerprint density at radius 2 is 2.38 bits per heavy atom. The highest BCUT2D eigenvalue weighted by Gasteiger charge is 2.31. The number of hydrogen-bond acceptors (Lipinski definition) is 3. The van der Waals surface area contributed by atoms with Gasteiger partial charge in [0.1, 0.15) is 5.54 Å². The molecule has 0 aliphatic heterocycles. The molecule has 0 aromatic carbocycles. The first-order valence-electron chi connectivity index (χ1n) is 5.89. The van der Waals surface area contributed by atoms with E-state index in [1.54, 1.807) is 0 Å². The van der Waals surface area contributed by atoms with Gasteiger partial charge in [-0.05, 0) is 30.7 Å². The average molecular weight is 221 g/mol. The number of rotatable bonds is 4. The fraction of sp³-hybridized carbons (Fsp3) is 0.909. The highest BCUT2D eigenvalue weighted by atomic mass is 15.1. The Bertz CT molecular complexity index is 302. The van der Waals surface area contributed by atoms with E-state index in [0.29, 0.717) is 19.0 Å². The van der Waals surface area contributed by atoms with Crippen molar-refractivity contribution in [1.82, 2.24) is 5.32 Å². The van der Waals surface area contributed by atoms with Crippen molar-refractivity contribution < 1.29 is 0 Å². The second kappa shape index (κ2) is 6.37. The molecule has 0 bridgehead atoms. The van der Waals surface area contributed by atoms with Gasteiger partial charge in [-0.15, -0.1) is 0 Å². The molecule has 0 aromatic heterocycles. The molecule has 0 spiro atoms. The molecule has 0 saturated heterocycles. The molecule has 2 unspecified atom stereocenters. The standard InChI is InChI=1S/C11H19N5/c1-10-3-2-5-11(9-12,6-4-10)14-7-8-15-16-13/h10,14H,2-8H2,1H3. The molecule has 1 rings (SSSR count). The molecule has 0 aromatic rings. The lowest BCUT2D eigenvalue weighted by atomic mass is 9.91. The third-order valence-corrected chi connectivity index (χ3v) is 3.32. The van der Waals surface area contributed by atoms with E-state index >= 15 is 0 Å². The molecule has 16 heavy (non-hydrogen) atoms. The molecule has 5 heteroatoms. The van der Waals surface area contributed by atoms with Gasteiger partial charge >= 0.3 is 0 Å². The fourth-order valence-corrected chi connectivity index (χ4v) is 2.23. The highest BCUT2D eigenvalue weighted by molar-refractivity contribution is 5.08. The highest BCUT2D eigenvalue weighted by Crippen LogP contribution is 2.29. The number of nitrogens with one attached hydrogen (secondary N) is 1. The molecule has 2 atom stereocenters. The van der Waals surface area contributed by atoms with Crippen LogP contribution in [0.15, 0.2) is 5.11 Å². The van der Waals surface area contributed by atoms with Gasteiger partial charge in [-0.2, -0.15) is 5.26 Å². The fourth-order valence-electron chi connectivity index (χ4n) is 2.23. The van der Waals surface area contributed by atoms with Crippen LogP contribution in [0.3, 0.4) is 0 Å². The van der Waals surface area contributed by atoms with E-state index in [2.05, 4.69) is 28.3 Å². The van der Waals surface area contributed by atoms with Gasteiger partial charge in [0, 0.05) is 18.0 Å². The summed E-state index contributed by atoms with van der Waals surface area (Å²) >= 11 is 0. The predicted molar refractivity (Wildman–Crippen MR) is 62.6 cm³/mol. The third-order valence-electron chi connectivity index (χ3n) is 3.32. The summed E-state index contributed by atoms with van der Waals surface area (Å²) in [5, 5.41) is 16.0. The van der Waals surface area contributed by atoms with Crippen LogP contribution in [0.25, 0.3) is 10.4 Å². The SMILES string of the molecule is CC1CCCC(C#N)(NCCN=[N+]=[N-])CC1. The average Bonchev–Trinajstić information content (AvgIpc) is 2.48. The van der Waals surface area contributed by atoms with Crippen molar-refractivity contribution in [2.45, 2.75) is 44.6 Å². The van der Waals surface area contributed by atoms with E-state index in [1.807, 2.05) is 0 Å². The van der Waals surface area contributed by atoms with Crippen molar-refractivity contribution in [2.75, 3.05) is 13.1 Å². The maximum atomic E-state index is 9.29. The number of nitriles is 1. The van der Waals surface area contributed by atoms with E-state index in [-0.39, 0.29) is 0 Å². The molecule has 5 nitrogen and oxygen atoms in total. The smallest absolute Gasteiger partial charge is 0.106 e. The summed E-state index contributed by atoms with van der Waals surface area (Å²) in [6.45, 7) is 3.24. The number of hydrogen-bond donors (Lipinski definition) is 1. The molecular formula is C11H19N5. The maximum Gasteiger partial charge on any atom is 0.106 e. The van der Waals surface area contributed by atoms with E-state index in [4.69, 9.17) is 5.53 Å². The van der Waals surface area contributed by atoms with Crippen LogP contribution < -0.4 is 5.32 Å². The topological polar surface area (TPSA) is 84.6 Å². The second-order valence-electron chi connectivity index (χ2n) is 4.61. The largest absolute Gasteiger partial charge is 0.299 e. The Morgan fingerprint density at radius 3 is 3.06 bits per heavy atom. The third kappa shape index (κ3) is 3.73. The first-order chi connectivity index (χ1) is 7.72. The Labute approximate surface area is 96.5 Å². The van der Waals surface area contributed by atoms with E-state index in [0.717, 1.165) is 25.7 Å². The molecule has 1 saturated carbocycles. The van der Waals surface area contributed by atoms with Crippen LogP contribution in [-0.4, -0.2) is 18.6 Å². The number of nitrogens with zero attached hydrogens (tertiary/aromatic N) is 4. The van der Waals surface area contributed by atoms with E-state index in [1.165, 1.54) is 6.42 Å². The molecule has 0 heterocycles. The van der Waals surface area contributed by atoms with Crippen LogP contribution in [0, 0.1) is 17.2 Å². The lowest BCUT2D eigenvalue weighted by molar-refractivity contribution is 0.365. The van der Waals surface area contributed by atoms with Gasteiger partial charge in [0.05, 0.1) is 6.07 Å². The zero-order valence-electron chi connectivity index (χ0n) is 9.82. The minimum atomic E-state index is -0.393. The zero-order chi connectivity index (χ0) is 11.9. The Kier molecular flexibility index (Phi) is 5.10. The lowest BCUT2D eigenvalue weighted by Gasteiger charge is -2.26. The normalized spacial score (nSPS) is 29.9. The maximum absolute atomic E-state index is 9.29. The predicted octanol–water partition coefficient (Wildman–Crippen LogP) is 2.75. The first kappa shape index (κ1) is 12.8. The Balaban J connectivity index is 2.49. The monoisotopic (exact) mass is 221 g/mol. The van der Waals surface area contributed by atoms with E-state index < -0.39 is 5.54 Å². The number of azide groups is 1. The molecule has 0 radical (unpaired) electrons. The van der Waals surface area contributed by atoms with Crippen LogP contribution >= 0.6 is 0 Å². The van der Waals surface area contributed by atoms with Crippen molar-refractivity contribution in [2.24, 2.45) is 11.0 Å². The van der Waals surface area contributed by atoms with E-state index in [9.17, 15) is 5.26 Å². The van der Waals surface area contributed by atoms with Crippen molar-refractivity contribution in [3.05, 3.63) is 10.4 Å². The van der Waals surface area contributed by atoms with Crippen molar-refractivity contribution in [1.29, 1.82) is 5.26 Å². The summed E-state index contributed by atoms with van der Waals surface area (Å²) in [7, 11) is 0. The molecule has 1 aliphatic carbocycles. The quantitative estimate of drug-likeness (QED) is 0.260. The minimum absolute atomic E-state index is 0.393. The minimum Gasteiger partial charge on any atom is -0.299 e. The summed E-state index contributed by atoms with van der Waals surface area (Å²) < 4.78 is 0. The van der Waals surface area contributed by atoms with Crippen molar-refractivity contribution in [3.63, 3.8) is 0 Å². The summed E-state index contributed by atoms with van der Waals surface area (Å²) in [6, 6.07) is 2.41. The molecule has 1 fully saturated rings. The molecule has 88 valence electrons. The summed E-state index contributed by atoms with van der Waals surface area (Å²) in [4.78, 5) is 2.70. The first-order valence-corrected chi connectivity index (χ1v) is 5.89. The van der Waals surface area contributed by atoms with Crippen LogP contribution in [0.1, 0.15) is 39.0 Å². The molecule has 1 N–H and O–H groups in total. The van der Waals surface area contributed by atoms with Gasteiger partial charge in [0.25, 0.3) is 0 Å².